The van der Waals surface area contributed by atoms with Crippen molar-refractivity contribution in [1.29, 1.82) is 0 Å². The molecule has 2 saturated heterocycles. The normalized spacial score (nSPS) is 38.3. The van der Waals surface area contributed by atoms with Crippen molar-refractivity contribution in [3.63, 3.8) is 0 Å². The molecular formula is C12H21NO. The zero-order valence-corrected chi connectivity index (χ0v) is 9.55. The summed E-state index contributed by atoms with van der Waals surface area (Å²) in [6, 6.07) is 0. The third-order valence-electron chi connectivity index (χ3n) is 4.27. The largest absolute Gasteiger partial charge is 0.298 e. The third-order valence-corrected chi connectivity index (χ3v) is 4.27. The van der Waals surface area contributed by atoms with E-state index in [2.05, 4.69) is 25.7 Å². The predicted octanol–water partition coefficient (Wildman–Crippen LogP) is 2.09. The summed E-state index contributed by atoms with van der Waals surface area (Å²) in [5, 5.41) is 0. The summed E-state index contributed by atoms with van der Waals surface area (Å²) in [5.74, 6) is 1.89. The van der Waals surface area contributed by atoms with E-state index in [-0.39, 0.29) is 5.54 Å². The van der Waals surface area contributed by atoms with Gasteiger partial charge in [-0.25, -0.2) is 0 Å². The van der Waals surface area contributed by atoms with Crippen molar-refractivity contribution < 1.29 is 4.79 Å². The van der Waals surface area contributed by atoms with E-state index in [4.69, 9.17) is 0 Å². The maximum Gasteiger partial charge on any atom is 0.148 e. The Bertz CT molecular complexity index is 249. The molecule has 2 aliphatic heterocycles. The average molecular weight is 195 g/mol. The van der Waals surface area contributed by atoms with Crippen molar-refractivity contribution in [2.24, 2.45) is 11.8 Å². The lowest BCUT2D eigenvalue weighted by Gasteiger charge is -2.35. The van der Waals surface area contributed by atoms with Gasteiger partial charge in [-0.05, 0) is 18.3 Å². The third kappa shape index (κ3) is 1.31. The van der Waals surface area contributed by atoms with Crippen LogP contribution in [0.4, 0.5) is 0 Å². The van der Waals surface area contributed by atoms with E-state index in [1.54, 1.807) is 0 Å². The fourth-order valence-corrected chi connectivity index (χ4v) is 3.28. The van der Waals surface area contributed by atoms with Crippen LogP contribution in [0, 0.1) is 11.8 Å². The van der Waals surface area contributed by atoms with Gasteiger partial charge in [0.1, 0.15) is 5.78 Å². The lowest BCUT2D eigenvalue weighted by molar-refractivity contribution is -0.117. The topological polar surface area (TPSA) is 20.3 Å². The van der Waals surface area contributed by atoms with E-state index in [1.165, 1.54) is 12.8 Å². The van der Waals surface area contributed by atoms with Gasteiger partial charge in [0.15, 0.2) is 0 Å². The highest BCUT2D eigenvalue weighted by molar-refractivity contribution is 5.84. The minimum Gasteiger partial charge on any atom is -0.298 e. The van der Waals surface area contributed by atoms with Crippen LogP contribution in [0.2, 0.25) is 0 Å². The number of ketones is 1. The lowest BCUT2D eigenvalue weighted by atomic mass is 9.80. The smallest absolute Gasteiger partial charge is 0.148 e. The van der Waals surface area contributed by atoms with Crippen LogP contribution in [0.25, 0.3) is 0 Å². The molecule has 0 bridgehead atoms. The number of nitrogens with zero attached hydrogens (tertiary/aromatic N) is 1. The monoisotopic (exact) mass is 195 g/mol. The Hall–Kier alpha value is -0.370. The molecule has 0 N–H and O–H groups in total. The quantitative estimate of drug-likeness (QED) is 0.672. The number of carbonyl (C=O) groups is 1. The molecule has 0 radical (unpaired) electrons. The summed E-state index contributed by atoms with van der Waals surface area (Å²) in [4.78, 5) is 14.0. The molecule has 0 amide bonds. The Morgan fingerprint density at radius 3 is 2.79 bits per heavy atom. The second-order valence-corrected chi connectivity index (χ2v) is 5.33. The first kappa shape index (κ1) is 10.2. The van der Waals surface area contributed by atoms with Crippen molar-refractivity contribution >= 4 is 5.78 Å². The summed E-state index contributed by atoms with van der Waals surface area (Å²) < 4.78 is 0. The molecule has 2 heteroatoms. The summed E-state index contributed by atoms with van der Waals surface area (Å²) in [5.41, 5.74) is 0.234. The molecule has 0 aromatic rings. The van der Waals surface area contributed by atoms with Gasteiger partial charge in [0.25, 0.3) is 0 Å². The lowest BCUT2D eigenvalue weighted by Crippen LogP contribution is -2.42. The molecular weight excluding hydrogens is 174 g/mol. The van der Waals surface area contributed by atoms with Gasteiger partial charge >= 0.3 is 0 Å². The maximum absolute atomic E-state index is 11.5. The van der Waals surface area contributed by atoms with Crippen molar-refractivity contribution in [2.45, 2.75) is 45.6 Å². The van der Waals surface area contributed by atoms with Gasteiger partial charge in [-0.1, -0.05) is 27.2 Å². The van der Waals surface area contributed by atoms with Crippen LogP contribution in [0.3, 0.4) is 0 Å². The zero-order chi connectivity index (χ0) is 10.3. The van der Waals surface area contributed by atoms with Gasteiger partial charge in [-0.2, -0.15) is 0 Å². The first-order valence-corrected chi connectivity index (χ1v) is 5.85. The highest BCUT2D eigenvalue weighted by atomic mass is 16.1. The Labute approximate surface area is 86.7 Å². The van der Waals surface area contributed by atoms with E-state index < -0.39 is 0 Å². The molecule has 2 heterocycles. The molecule has 0 spiro atoms. The molecule has 2 aliphatic rings. The minimum absolute atomic E-state index is 0.234. The van der Waals surface area contributed by atoms with Crippen LogP contribution in [0.15, 0.2) is 0 Å². The molecule has 2 fully saturated rings. The van der Waals surface area contributed by atoms with E-state index in [1.807, 2.05) is 0 Å². The van der Waals surface area contributed by atoms with Gasteiger partial charge in [-0.15, -0.1) is 0 Å². The summed E-state index contributed by atoms with van der Waals surface area (Å²) >= 11 is 0. The number of fused-ring (bicyclic) bond motifs is 1. The van der Waals surface area contributed by atoms with Crippen molar-refractivity contribution in [3.8, 4) is 0 Å². The second-order valence-electron chi connectivity index (χ2n) is 5.33. The van der Waals surface area contributed by atoms with Crippen molar-refractivity contribution in [3.05, 3.63) is 0 Å². The zero-order valence-electron chi connectivity index (χ0n) is 9.55. The number of carbonyl (C=O) groups excluding carboxylic acids is 1. The summed E-state index contributed by atoms with van der Waals surface area (Å²) in [6.45, 7) is 8.67. The molecule has 2 atom stereocenters. The Morgan fingerprint density at radius 1 is 1.57 bits per heavy atom. The number of rotatable bonds is 2. The Kier molecular flexibility index (Phi) is 2.42. The van der Waals surface area contributed by atoms with E-state index in [9.17, 15) is 4.79 Å². The van der Waals surface area contributed by atoms with Crippen LogP contribution in [0.1, 0.15) is 40.0 Å². The fraction of sp³-hybridized carbons (Fsp3) is 0.917. The highest BCUT2D eigenvalue weighted by Crippen LogP contribution is 2.45. The molecule has 0 aliphatic carbocycles. The standard InChI is InChI=1S/C12H21NO/c1-4-10-5-12(9(2)3)6-11(14)8-13(12)7-10/h9-10H,4-8H2,1-3H3. The molecule has 2 unspecified atom stereocenters. The number of hydrogen-bond acceptors (Lipinski definition) is 2. The molecule has 2 rings (SSSR count). The first-order valence-electron chi connectivity index (χ1n) is 5.85. The molecule has 80 valence electrons. The van der Waals surface area contributed by atoms with Gasteiger partial charge < -0.3 is 0 Å². The Morgan fingerprint density at radius 2 is 2.29 bits per heavy atom. The molecule has 0 aromatic carbocycles. The van der Waals surface area contributed by atoms with E-state index in [0.29, 0.717) is 18.2 Å². The fourth-order valence-electron chi connectivity index (χ4n) is 3.28. The molecule has 2 nitrogen and oxygen atoms in total. The van der Waals surface area contributed by atoms with Gasteiger partial charge in [-0.3, -0.25) is 9.69 Å². The van der Waals surface area contributed by atoms with Crippen LogP contribution in [-0.4, -0.2) is 29.3 Å². The van der Waals surface area contributed by atoms with Crippen LogP contribution in [-0.2, 0) is 4.79 Å². The molecule has 0 saturated carbocycles. The minimum atomic E-state index is 0.234. The van der Waals surface area contributed by atoms with Gasteiger partial charge in [0.05, 0.1) is 6.54 Å². The van der Waals surface area contributed by atoms with Crippen LogP contribution < -0.4 is 0 Å². The average Bonchev–Trinajstić information content (AvgIpc) is 2.57. The summed E-state index contributed by atoms with van der Waals surface area (Å²) in [6.07, 6.45) is 3.31. The molecule has 14 heavy (non-hydrogen) atoms. The van der Waals surface area contributed by atoms with Crippen LogP contribution >= 0.6 is 0 Å². The first-order chi connectivity index (χ1) is 6.58. The second kappa shape index (κ2) is 3.34. The number of Topliss-reactive ketones (excluding diaryl/α,β-unsaturated/α-hetero) is 1. The van der Waals surface area contributed by atoms with E-state index in [0.717, 1.165) is 18.9 Å². The van der Waals surface area contributed by atoms with Gasteiger partial charge in [0.2, 0.25) is 0 Å². The Balaban J connectivity index is 2.21. The maximum atomic E-state index is 11.5. The highest BCUT2D eigenvalue weighted by Gasteiger charge is 2.52. The van der Waals surface area contributed by atoms with Crippen molar-refractivity contribution in [1.82, 2.24) is 4.90 Å². The molecule has 0 aromatic heterocycles. The van der Waals surface area contributed by atoms with E-state index >= 15 is 0 Å². The predicted molar refractivity (Wildman–Crippen MR) is 57.2 cm³/mol. The number of hydrogen-bond donors (Lipinski definition) is 0. The van der Waals surface area contributed by atoms with Crippen molar-refractivity contribution in [2.75, 3.05) is 13.1 Å². The van der Waals surface area contributed by atoms with Gasteiger partial charge in [0, 0.05) is 18.5 Å². The SMILES string of the molecule is CCC1CN2CC(=O)CC2(C(C)C)C1. The summed E-state index contributed by atoms with van der Waals surface area (Å²) in [7, 11) is 0. The van der Waals surface area contributed by atoms with Crippen LogP contribution in [0.5, 0.6) is 0 Å².